The van der Waals surface area contributed by atoms with Crippen LogP contribution in [-0.4, -0.2) is 34.9 Å². The molecule has 4 nitrogen and oxygen atoms in total. The first-order valence-electron chi connectivity index (χ1n) is 9.70. The minimum absolute atomic E-state index is 0.230. The monoisotopic (exact) mass is 383 g/mol. The molecule has 146 valence electrons. The topological polar surface area (TPSA) is 37.6 Å². The molecule has 0 N–H and O–H groups in total. The number of hydrogen-bond donors (Lipinski definition) is 0. The Balaban J connectivity index is 0.000000429. The molecule has 3 aromatic rings. The van der Waals surface area contributed by atoms with Crippen molar-refractivity contribution in [1.82, 2.24) is 9.38 Å². The van der Waals surface area contributed by atoms with Gasteiger partial charge in [-0.25, -0.2) is 13.8 Å². The number of aromatic nitrogens is 2. The maximum absolute atomic E-state index is 13.9. The van der Waals surface area contributed by atoms with Crippen molar-refractivity contribution in [3.8, 4) is 11.1 Å². The van der Waals surface area contributed by atoms with Gasteiger partial charge in [0.15, 0.2) is 12.1 Å². The number of carbonyl (C=O) groups is 1. The Morgan fingerprint density at radius 1 is 1.14 bits per heavy atom. The van der Waals surface area contributed by atoms with E-state index >= 15 is 0 Å². The van der Waals surface area contributed by atoms with Crippen LogP contribution in [-0.2, 0) is 0 Å². The Bertz CT molecular complexity index is 1000. The first-order chi connectivity index (χ1) is 13.6. The van der Waals surface area contributed by atoms with E-state index in [1.165, 1.54) is 6.07 Å². The third-order valence-electron chi connectivity index (χ3n) is 5.24. The third kappa shape index (κ3) is 3.63. The summed E-state index contributed by atoms with van der Waals surface area (Å²) in [6.45, 7) is 3.63. The lowest BCUT2D eigenvalue weighted by atomic mass is 10.0. The van der Waals surface area contributed by atoms with Crippen molar-refractivity contribution in [1.29, 1.82) is 0 Å². The molecule has 2 aliphatic rings. The molecule has 3 heterocycles. The fourth-order valence-electron chi connectivity index (χ4n) is 3.46. The molecule has 1 aliphatic heterocycles. The van der Waals surface area contributed by atoms with Crippen molar-refractivity contribution in [2.24, 2.45) is 0 Å². The van der Waals surface area contributed by atoms with Crippen LogP contribution in [0, 0.1) is 12.7 Å². The number of aldehydes is 1. The van der Waals surface area contributed by atoms with Gasteiger partial charge in [0.1, 0.15) is 23.3 Å². The Morgan fingerprint density at radius 3 is 2.50 bits per heavy atom. The summed E-state index contributed by atoms with van der Waals surface area (Å²) in [7, 11) is 0. The highest BCUT2D eigenvalue weighted by Crippen LogP contribution is 2.29. The highest BCUT2D eigenvalue weighted by Gasteiger charge is 2.21. The van der Waals surface area contributed by atoms with E-state index in [0.717, 1.165) is 67.7 Å². The number of fused-ring (bicyclic) bond motifs is 1. The van der Waals surface area contributed by atoms with Gasteiger partial charge in [-0.15, -0.1) is 0 Å². The van der Waals surface area contributed by atoms with Gasteiger partial charge in [0.25, 0.3) is 0 Å². The predicted molar refractivity (Wildman–Crippen MR) is 106 cm³/mol. The van der Waals surface area contributed by atoms with Gasteiger partial charge in [-0.05, 0) is 67.5 Å². The molecule has 28 heavy (non-hydrogen) atoms. The second kappa shape index (κ2) is 7.70. The fraction of sp³-hybridized carbons (Fsp3) is 0.364. The van der Waals surface area contributed by atoms with E-state index in [1.807, 2.05) is 24.4 Å². The Hall–Kier alpha value is -2.76. The van der Waals surface area contributed by atoms with E-state index in [1.54, 1.807) is 17.4 Å². The van der Waals surface area contributed by atoms with E-state index in [9.17, 15) is 13.6 Å². The summed E-state index contributed by atoms with van der Waals surface area (Å²) >= 11 is 0. The zero-order valence-electron chi connectivity index (χ0n) is 15.9. The first kappa shape index (κ1) is 18.6. The molecule has 0 bridgehead atoms. The average Bonchev–Trinajstić information content (AvgIpc) is 3.19. The molecule has 0 amide bonds. The van der Waals surface area contributed by atoms with Crippen LogP contribution in [0.3, 0.4) is 0 Å². The van der Waals surface area contributed by atoms with Crippen molar-refractivity contribution in [3.63, 3.8) is 0 Å². The zero-order chi connectivity index (χ0) is 19.7. The molecule has 1 aromatic carbocycles. The van der Waals surface area contributed by atoms with E-state index in [0.29, 0.717) is 11.3 Å². The number of carbonyl (C=O) groups excluding carboxylic acids is 1. The predicted octanol–water partition coefficient (Wildman–Crippen LogP) is 4.98. The van der Waals surface area contributed by atoms with E-state index in [2.05, 4.69) is 9.88 Å². The van der Waals surface area contributed by atoms with Crippen LogP contribution in [0.15, 0.2) is 36.5 Å². The average molecular weight is 383 g/mol. The maximum atomic E-state index is 13.9. The lowest BCUT2D eigenvalue weighted by Crippen LogP contribution is -2.19. The summed E-state index contributed by atoms with van der Waals surface area (Å²) in [6.07, 6.45) is 6.20. The molecule has 1 saturated carbocycles. The summed E-state index contributed by atoms with van der Waals surface area (Å²) in [5, 5.41) is 0. The van der Waals surface area contributed by atoms with Crippen LogP contribution in [0.25, 0.3) is 16.8 Å². The molecule has 6 heteroatoms. The number of hydrogen-bond acceptors (Lipinski definition) is 3. The van der Waals surface area contributed by atoms with Crippen LogP contribution >= 0.6 is 0 Å². The van der Waals surface area contributed by atoms with Crippen molar-refractivity contribution in [2.75, 3.05) is 18.0 Å². The quantitative estimate of drug-likeness (QED) is 0.599. The molecule has 2 fully saturated rings. The minimum atomic E-state index is -0.417. The van der Waals surface area contributed by atoms with Crippen LogP contribution in [0.5, 0.6) is 0 Å². The fourth-order valence-corrected chi connectivity index (χ4v) is 3.46. The second-order valence-corrected chi connectivity index (χ2v) is 7.37. The summed E-state index contributed by atoms with van der Waals surface area (Å²) in [6, 6.07) is 8.85. The van der Waals surface area contributed by atoms with Gasteiger partial charge < -0.3 is 4.90 Å². The van der Waals surface area contributed by atoms with E-state index < -0.39 is 6.17 Å². The maximum Gasteiger partial charge on any atom is 0.170 e. The standard InChI is InChI=1S/C19H18FN3O.C3H5F/c1-13-15(5-4-6-16(13)20)14-7-8-18-21-19(22-9-2-3-10-22)17(12-24)23(18)11-14;4-3-1-2-3/h4-8,11-12H,2-3,9-10H2,1H3;3H,1-2H2. The minimum Gasteiger partial charge on any atom is -0.355 e. The van der Waals surface area contributed by atoms with Gasteiger partial charge in [0.05, 0.1) is 0 Å². The smallest absolute Gasteiger partial charge is 0.170 e. The van der Waals surface area contributed by atoms with Crippen LogP contribution in [0.4, 0.5) is 14.6 Å². The van der Waals surface area contributed by atoms with E-state index in [4.69, 9.17) is 0 Å². The molecule has 0 atom stereocenters. The van der Waals surface area contributed by atoms with E-state index in [-0.39, 0.29) is 5.82 Å². The highest BCUT2D eigenvalue weighted by molar-refractivity contribution is 5.84. The molecule has 5 rings (SSSR count). The number of alkyl halides is 1. The van der Waals surface area contributed by atoms with Gasteiger partial charge >= 0.3 is 0 Å². The van der Waals surface area contributed by atoms with Gasteiger partial charge in [-0.2, -0.15) is 0 Å². The van der Waals surface area contributed by atoms with Crippen molar-refractivity contribution in [2.45, 2.75) is 38.8 Å². The summed E-state index contributed by atoms with van der Waals surface area (Å²) in [5.41, 5.74) is 3.59. The molecule has 2 aromatic heterocycles. The van der Waals surface area contributed by atoms with Gasteiger partial charge in [-0.3, -0.25) is 9.20 Å². The molecular formula is C22H23F2N3O. The lowest BCUT2D eigenvalue weighted by Gasteiger charge is -2.14. The Morgan fingerprint density at radius 2 is 1.86 bits per heavy atom. The molecule has 1 aliphatic carbocycles. The van der Waals surface area contributed by atoms with Crippen LogP contribution < -0.4 is 4.90 Å². The highest BCUT2D eigenvalue weighted by atomic mass is 19.1. The second-order valence-electron chi connectivity index (χ2n) is 7.37. The molecular weight excluding hydrogens is 360 g/mol. The number of halogens is 2. The number of benzene rings is 1. The lowest BCUT2D eigenvalue weighted by molar-refractivity contribution is 0.111. The Kier molecular flexibility index (Phi) is 5.11. The van der Waals surface area contributed by atoms with Crippen molar-refractivity contribution < 1.29 is 13.6 Å². The van der Waals surface area contributed by atoms with Crippen molar-refractivity contribution >= 4 is 17.8 Å². The number of nitrogens with zero attached hydrogens (tertiary/aromatic N) is 3. The number of anilines is 1. The molecule has 0 spiro atoms. The largest absolute Gasteiger partial charge is 0.355 e. The first-order valence-corrected chi connectivity index (χ1v) is 9.70. The van der Waals surface area contributed by atoms with Gasteiger partial charge in [-0.1, -0.05) is 12.1 Å². The van der Waals surface area contributed by atoms with Gasteiger partial charge in [0.2, 0.25) is 0 Å². The van der Waals surface area contributed by atoms with Crippen LogP contribution in [0.1, 0.15) is 41.7 Å². The SMILES string of the molecule is Cc1c(F)cccc1-c1ccc2nc(N3CCCC3)c(C=O)n2c1.FC1CC1. The van der Waals surface area contributed by atoms with Crippen molar-refractivity contribution in [3.05, 3.63) is 53.6 Å². The third-order valence-corrected chi connectivity index (χ3v) is 5.24. The Labute approximate surface area is 162 Å². The number of imidazole rings is 1. The molecule has 1 saturated heterocycles. The summed E-state index contributed by atoms with van der Waals surface area (Å²) < 4.78 is 26.8. The summed E-state index contributed by atoms with van der Waals surface area (Å²) in [4.78, 5) is 18.5. The molecule has 0 unspecified atom stereocenters. The summed E-state index contributed by atoms with van der Waals surface area (Å²) in [5.74, 6) is 0.516. The normalized spacial score (nSPS) is 16.2. The number of pyridine rings is 1. The number of rotatable bonds is 3. The van der Waals surface area contributed by atoms with Crippen LogP contribution in [0.2, 0.25) is 0 Å². The zero-order valence-corrected chi connectivity index (χ0v) is 15.9. The van der Waals surface area contributed by atoms with Gasteiger partial charge in [0, 0.05) is 19.3 Å². The molecule has 0 radical (unpaired) electrons.